The lowest BCUT2D eigenvalue weighted by molar-refractivity contribution is 0.202. The third kappa shape index (κ3) is 1.91. The maximum absolute atomic E-state index is 4.23. The van der Waals surface area contributed by atoms with Crippen molar-refractivity contribution in [1.82, 2.24) is 10.3 Å². The molecule has 1 aromatic heterocycles. The molecule has 2 aliphatic heterocycles. The molecule has 0 aromatic carbocycles. The molecule has 3 fully saturated rings. The average Bonchev–Trinajstić information content (AvgIpc) is 2.15. The summed E-state index contributed by atoms with van der Waals surface area (Å²) in [5.41, 5.74) is 1.44. The fourth-order valence-corrected chi connectivity index (χ4v) is 2.95. The van der Waals surface area contributed by atoms with Gasteiger partial charge in [-0.2, -0.15) is 0 Å². The molecule has 2 unspecified atom stereocenters. The highest BCUT2D eigenvalue weighted by Crippen LogP contribution is 2.34. The van der Waals surface area contributed by atoms with E-state index < -0.39 is 0 Å². The highest BCUT2D eigenvalue weighted by Gasteiger charge is 2.31. The van der Waals surface area contributed by atoms with Crippen molar-refractivity contribution in [3.63, 3.8) is 0 Å². The molecule has 1 N–H and O–H groups in total. The second kappa shape index (κ2) is 3.93. The van der Waals surface area contributed by atoms with E-state index in [9.17, 15) is 0 Å². The minimum absolute atomic E-state index is 0.756. The van der Waals surface area contributed by atoms with Crippen LogP contribution in [0.5, 0.6) is 0 Å². The topological polar surface area (TPSA) is 24.9 Å². The molecule has 2 bridgehead atoms. The summed E-state index contributed by atoms with van der Waals surface area (Å²) in [6.07, 6.45) is 10.7. The predicted molar refractivity (Wildman–Crippen MR) is 60.8 cm³/mol. The predicted octanol–water partition coefficient (Wildman–Crippen LogP) is 2.47. The van der Waals surface area contributed by atoms with Crippen LogP contribution in [0, 0.1) is 0 Å². The smallest absolute Gasteiger partial charge is 0.0302 e. The zero-order valence-electron chi connectivity index (χ0n) is 9.02. The van der Waals surface area contributed by atoms with Crippen molar-refractivity contribution in [3.05, 3.63) is 30.1 Å². The normalized spacial score (nSPS) is 35.1. The molecule has 15 heavy (non-hydrogen) atoms. The SMILES string of the molecule is c1cncc(C2CCC3CC(CC2)N3)c1. The number of hydrogen-bond acceptors (Lipinski definition) is 2. The average molecular weight is 202 g/mol. The Hall–Kier alpha value is -0.890. The first-order chi connectivity index (χ1) is 7.42. The molecule has 0 spiro atoms. The quantitative estimate of drug-likeness (QED) is 0.756. The molecule has 2 heteroatoms. The molecule has 0 radical (unpaired) electrons. The lowest BCUT2D eigenvalue weighted by Crippen LogP contribution is -2.53. The minimum atomic E-state index is 0.756. The van der Waals surface area contributed by atoms with Crippen LogP contribution in [0.1, 0.15) is 43.6 Å². The Bertz CT molecular complexity index is 305. The van der Waals surface area contributed by atoms with Crippen LogP contribution >= 0.6 is 0 Å². The van der Waals surface area contributed by atoms with Crippen LogP contribution in [0.4, 0.5) is 0 Å². The van der Waals surface area contributed by atoms with Crippen molar-refractivity contribution in [2.24, 2.45) is 0 Å². The van der Waals surface area contributed by atoms with Gasteiger partial charge in [0.2, 0.25) is 0 Å². The maximum atomic E-state index is 4.23. The Labute approximate surface area is 91.1 Å². The summed E-state index contributed by atoms with van der Waals surface area (Å²) in [6, 6.07) is 5.93. The third-order valence-electron chi connectivity index (χ3n) is 3.92. The number of nitrogens with one attached hydrogen (secondary N) is 1. The van der Waals surface area contributed by atoms with E-state index >= 15 is 0 Å². The fourth-order valence-electron chi connectivity index (χ4n) is 2.95. The van der Waals surface area contributed by atoms with Crippen LogP contribution in [0.3, 0.4) is 0 Å². The van der Waals surface area contributed by atoms with Gasteiger partial charge < -0.3 is 5.32 Å². The number of nitrogens with zero attached hydrogens (tertiary/aromatic N) is 1. The van der Waals surface area contributed by atoms with Crippen molar-refractivity contribution < 1.29 is 0 Å². The van der Waals surface area contributed by atoms with E-state index in [0.717, 1.165) is 18.0 Å². The van der Waals surface area contributed by atoms with Crippen LogP contribution in [0.25, 0.3) is 0 Å². The maximum Gasteiger partial charge on any atom is 0.0302 e. The van der Waals surface area contributed by atoms with Crippen molar-refractivity contribution in [2.45, 2.75) is 50.1 Å². The van der Waals surface area contributed by atoms with Gasteiger partial charge in [-0.25, -0.2) is 0 Å². The summed E-state index contributed by atoms with van der Waals surface area (Å²) in [6.45, 7) is 0. The van der Waals surface area contributed by atoms with Crippen molar-refractivity contribution >= 4 is 0 Å². The van der Waals surface area contributed by atoms with Gasteiger partial charge in [-0.3, -0.25) is 4.98 Å². The van der Waals surface area contributed by atoms with Gasteiger partial charge in [-0.15, -0.1) is 0 Å². The van der Waals surface area contributed by atoms with Crippen LogP contribution in [-0.2, 0) is 0 Å². The van der Waals surface area contributed by atoms with Gasteiger partial charge in [0.15, 0.2) is 0 Å². The molecule has 1 aliphatic carbocycles. The number of hydrogen-bond donors (Lipinski definition) is 1. The molecule has 1 aromatic rings. The summed E-state index contributed by atoms with van der Waals surface area (Å²) in [4.78, 5) is 4.23. The standard InChI is InChI=1S/C13H18N2/c1-2-11(9-14-7-1)10-3-5-12-8-13(15-12)6-4-10/h1-2,7,9-10,12-13,15H,3-6,8H2. The molecule has 0 amide bonds. The molecule has 4 rings (SSSR count). The molecule has 2 saturated heterocycles. The molecule has 2 atom stereocenters. The van der Waals surface area contributed by atoms with Gasteiger partial charge in [0.25, 0.3) is 0 Å². The molecule has 3 heterocycles. The summed E-state index contributed by atoms with van der Waals surface area (Å²) in [7, 11) is 0. The zero-order chi connectivity index (χ0) is 10.1. The van der Waals surface area contributed by atoms with E-state index in [1.54, 1.807) is 0 Å². The molecule has 2 nitrogen and oxygen atoms in total. The fraction of sp³-hybridized carbons (Fsp3) is 0.615. The van der Waals surface area contributed by atoms with Crippen molar-refractivity contribution in [2.75, 3.05) is 0 Å². The first kappa shape index (κ1) is 9.34. The van der Waals surface area contributed by atoms with Gasteiger partial charge in [0.1, 0.15) is 0 Å². The Morgan fingerprint density at radius 1 is 1.13 bits per heavy atom. The van der Waals surface area contributed by atoms with E-state index in [1.807, 2.05) is 12.4 Å². The van der Waals surface area contributed by atoms with E-state index in [2.05, 4.69) is 22.4 Å². The first-order valence-electron chi connectivity index (χ1n) is 6.08. The molecular formula is C13H18N2. The number of aromatic nitrogens is 1. The summed E-state index contributed by atoms with van der Waals surface area (Å²) < 4.78 is 0. The van der Waals surface area contributed by atoms with Gasteiger partial charge in [-0.05, 0) is 49.7 Å². The Morgan fingerprint density at radius 2 is 1.87 bits per heavy atom. The Kier molecular flexibility index (Phi) is 2.45. The first-order valence-corrected chi connectivity index (χ1v) is 6.08. The summed E-state index contributed by atoms with van der Waals surface area (Å²) in [5.74, 6) is 0.756. The highest BCUT2D eigenvalue weighted by molar-refractivity contribution is 5.15. The van der Waals surface area contributed by atoms with Crippen molar-refractivity contribution in [1.29, 1.82) is 0 Å². The molecule has 3 aliphatic rings. The molecule has 1 saturated carbocycles. The van der Waals surface area contributed by atoms with E-state index in [0.29, 0.717) is 0 Å². The zero-order valence-corrected chi connectivity index (χ0v) is 9.02. The van der Waals surface area contributed by atoms with E-state index in [-0.39, 0.29) is 0 Å². The van der Waals surface area contributed by atoms with Crippen LogP contribution in [0.2, 0.25) is 0 Å². The molecular weight excluding hydrogens is 184 g/mol. The lowest BCUT2D eigenvalue weighted by atomic mass is 9.79. The van der Waals surface area contributed by atoms with E-state index in [4.69, 9.17) is 0 Å². The van der Waals surface area contributed by atoms with Gasteiger partial charge in [0, 0.05) is 24.5 Å². The van der Waals surface area contributed by atoms with Crippen LogP contribution in [-0.4, -0.2) is 17.1 Å². The minimum Gasteiger partial charge on any atom is -0.311 e. The Morgan fingerprint density at radius 3 is 2.47 bits per heavy atom. The van der Waals surface area contributed by atoms with Crippen molar-refractivity contribution in [3.8, 4) is 0 Å². The van der Waals surface area contributed by atoms with Crippen LogP contribution < -0.4 is 5.32 Å². The second-order valence-electron chi connectivity index (χ2n) is 4.93. The van der Waals surface area contributed by atoms with Gasteiger partial charge >= 0.3 is 0 Å². The van der Waals surface area contributed by atoms with Gasteiger partial charge in [0.05, 0.1) is 0 Å². The van der Waals surface area contributed by atoms with Gasteiger partial charge in [-0.1, -0.05) is 6.07 Å². The Balaban J connectivity index is 1.71. The molecule has 80 valence electrons. The number of rotatable bonds is 1. The second-order valence-corrected chi connectivity index (χ2v) is 4.93. The number of pyridine rings is 1. The summed E-state index contributed by atoms with van der Waals surface area (Å²) in [5, 5.41) is 3.64. The highest BCUT2D eigenvalue weighted by atomic mass is 15.0. The third-order valence-corrected chi connectivity index (χ3v) is 3.92. The number of fused-ring (bicyclic) bond motifs is 4. The summed E-state index contributed by atoms with van der Waals surface area (Å²) >= 11 is 0. The largest absolute Gasteiger partial charge is 0.311 e. The van der Waals surface area contributed by atoms with Crippen LogP contribution in [0.15, 0.2) is 24.5 Å². The lowest BCUT2D eigenvalue weighted by Gasteiger charge is -2.41. The van der Waals surface area contributed by atoms with E-state index in [1.165, 1.54) is 37.7 Å². The monoisotopic (exact) mass is 202 g/mol.